The van der Waals surface area contributed by atoms with Gasteiger partial charge in [-0.05, 0) is 37.8 Å². The van der Waals surface area contributed by atoms with Crippen LogP contribution >= 0.6 is 0 Å². The number of rotatable bonds is 3. The second-order valence-electron chi connectivity index (χ2n) is 8.38. The third-order valence-electron chi connectivity index (χ3n) is 6.72. The zero-order valence-electron chi connectivity index (χ0n) is 17.1. The van der Waals surface area contributed by atoms with Crippen LogP contribution in [0.5, 0.6) is 0 Å². The van der Waals surface area contributed by atoms with Crippen molar-refractivity contribution in [1.82, 2.24) is 14.0 Å². The molecule has 1 aromatic carbocycles. The molecule has 1 aliphatic carbocycles. The van der Waals surface area contributed by atoms with Crippen LogP contribution < -0.4 is 5.62 Å². The zero-order valence-corrected chi connectivity index (χ0v) is 17.1. The molecule has 2 aromatic rings. The molecule has 0 amide bonds. The fourth-order valence-corrected chi connectivity index (χ4v) is 5.30. The summed E-state index contributed by atoms with van der Waals surface area (Å²) in [5.41, 5.74) is 2.66. The fourth-order valence-electron chi connectivity index (χ4n) is 5.30. The van der Waals surface area contributed by atoms with Gasteiger partial charge in [0.15, 0.2) is 0 Å². The molecule has 1 aliphatic heterocycles. The Kier molecular flexibility index (Phi) is 6.32. The van der Waals surface area contributed by atoms with Gasteiger partial charge in [-0.1, -0.05) is 44.2 Å². The topological polar surface area (TPSA) is 73.0 Å². The van der Waals surface area contributed by atoms with Gasteiger partial charge in [0, 0.05) is 25.2 Å². The van der Waals surface area contributed by atoms with Gasteiger partial charge in [0.05, 0.1) is 17.1 Å². The molecule has 0 N–H and O–H groups in total. The first-order valence-electron chi connectivity index (χ1n) is 11.1. The van der Waals surface area contributed by atoms with E-state index < -0.39 is 0 Å². The molecule has 29 heavy (non-hydrogen) atoms. The molecule has 1 aromatic heterocycles. The molecule has 4 rings (SSSR count). The molecule has 0 unspecified atom stereocenters. The third-order valence-corrected chi connectivity index (χ3v) is 6.72. The van der Waals surface area contributed by atoms with E-state index in [1.807, 2.05) is 29.0 Å². The first kappa shape index (κ1) is 19.7. The molecule has 152 valence electrons. The highest BCUT2D eigenvalue weighted by atomic mass is 15.2. The maximum absolute atomic E-state index is 9.30. The predicted octanol–water partition coefficient (Wildman–Crippen LogP) is 4.10. The van der Waals surface area contributed by atoms with Gasteiger partial charge in [0.1, 0.15) is 6.54 Å². The molecule has 0 spiro atoms. The number of hydrogen-bond donors (Lipinski definition) is 0. The Morgan fingerprint density at radius 2 is 1.52 bits per heavy atom. The first-order valence-corrected chi connectivity index (χ1v) is 11.1. The highest BCUT2D eigenvalue weighted by Crippen LogP contribution is 2.29. The molecule has 1 saturated heterocycles. The summed E-state index contributed by atoms with van der Waals surface area (Å²) in [4.78, 5) is 6.84. The van der Waals surface area contributed by atoms with Gasteiger partial charge >= 0.3 is 0 Å². The van der Waals surface area contributed by atoms with Crippen molar-refractivity contribution in [3.8, 4) is 12.3 Å². The van der Waals surface area contributed by atoms with E-state index in [2.05, 4.69) is 26.6 Å². The van der Waals surface area contributed by atoms with Crippen LogP contribution in [0.15, 0.2) is 29.3 Å². The van der Waals surface area contributed by atoms with Gasteiger partial charge in [-0.3, -0.25) is 4.57 Å². The molecule has 1 saturated carbocycles. The standard InChI is InChI=1S/C23H30N6/c24-14-17-28-21-10-6-7-11-22(21)29(23(28)26-18-25)20-12-15-27(16-13-20)19-8-4-2-1-3-5-9-19/h6-7,10-11,19-20H,1-5,8-9,12-13,15-17H2/b26-23+. The smallest absolute Gasteiger partial charge is 0.222 e. The van der Waals surface area contributed by atoms with Gasteiger partial charge < -0.3 is 9.47 Å². The lowest BCUT2D eigenvalue weighted by molar-refractivity contribution is 0.115. The number of benzene rings is 1. The summed E-state index contributed by atoms with van der Waals surface area (Å²) in [6, 6.07) is 11.4. The average Bonchev–Trinajstić information content (AvgIpc) is 3.02. The van der Waals surface area contributed by atoms with Crippen molar-refractivity contribution in [1.29, 1.82) is 10.5 Å². The Balaban J connectivity index is 1.60. The lowest BCUT2D eigenvalue weighted by atomic mass is 9.93. The highest BCUT2D eigenvalue weighted by molar-refractivity contribution is 5.76. The van der Waals surface area contributed by atoms with Crippen molar-refractivity contribution in [2.45, 2.75) is 76.4 Å². The SMILES string of the molecule is N#CCn1/c(=N\C#N)n(C2CCN(C3CCCCCCC3)CC2)c2ccccc21. The Hall–Kier alpha value is -2.57. The lowest BCUT2D eigenvalue weighted by Crippen LogP contribution is -2.43. The Morgan fingerprint density at radius 3 is 2.17 bits per heavy atom. The van der Waals surface area contributed by atoms with Crippen LogP contribution in [0.4, 0.5) is 0 Å². The van der Waals surface area contributed by atoms with Crippen molar-refractivity contribution in [2.24, 2.45) is 4.99 Å². The number of aromatic nitrogens is 2. The van der Waals surface area contributed by atoms with Crippen LogP contribution in [-0.2, 0) is 6.54 Å². The number of likely N-dealkylation sites (tertiary alicyclic amines) is 1. The van der Waals surface area contributed by atoms with E-state index in [-0.39, 0.29) is 6.54 Å². The normalized spacial score (nSPS) is 20.8. The van der Waals surface area contributed by atoms with E-state index in [0.29, 0.717) is 11.7 Å². The number of imidazole rings is 1. The van der Waals surface area contributed by atoms with E-state index in [9.17, 15) is 10.5 Å². The summed E-state index contributed by atoms with van der Waals surface area (Å²) in [5.74, 6) is 0. The molecular formula is C23H30N6. The summed E-state index contributed by atoms with van der Waals surface area (Å²) < 4.78 is 4.09. The minimum Gasteiger partial charge on any atom is -0.306 e. The van der Waals surface area contributed by atoms with E-state index in [1.54, 1.807) is 0 Å². The maximum atomic E-state index is 9.30. The van der Waals surface area contributed by atoms with Crippen LogP contribution in [0.25, 0.3) is 11.0 Å². The van der Waals surface area contributed by atoms with Gasteiger partial charge in [-0.15, -0.1) is 4.99 Å². The Bertz CT molecular complexity index is 969. The molecule has 6 nitrogen and oxygen atoms in total. The van der Waals surface area contributed by atoms with Crippen LogP contribution in [-0.4, -0.2) is 33.2 Å². The maximum Gasteiger partial charge on any atom is 0.222 e. The predicted molar refractivity (Wildman–Crippen MR) is 113 cm³/mol. The summed E-state index contributed by atoms with van der Waals surface area (Å²) in [6.07, 6.45) is 13.7. The van der Waals surface area contributed by atoms with Gasteiger partial charge in [0.25, 0.3) is 0 Å². The summed E-state index contributed by atoms with van der Waals surface area (Å²) >= 11 is 0. The second kappa shape index (κ2) is 9.29. The second-order valence-corrected chi connectivity index (χ2v) is 8.38. The molecule has 0 bridgehead atoms. The van der Waals surface area contributed by atoms with Crippen LogP contribution in [0.2, 0.25) is 0 Å². The van der Waals surface area contributed by atoms with Crippen molar-refractivity contribution < 1.29 is 0 Å². The largest absolute Gasteiger partial charge is 0.306 e. The zero-order chi connectivity index (χ0) is 20.1. The molecular weight excluding hydrogens is 360 g/mol. The van der Waals surface area contributed by atoms with Crippen molar-refractivity contribution in [3.05, 3.63) is 29.9 Å². The third kappa shape index (κ3) is 4.09. The van der Waals surface area contributed by atoms with E-state index in [1.165, 1.54) is 44.9 Å². The number of nitriles is 2. The van der Waals surface area contributed by atoms with E-state index in [0.717, 1.165) is 43.0 Å². The van der Waals surface area contributed by atoms with Crippen LogP contribution in [0.3, 0.4) is 0 Å². The first-order chi connectivity index (χ1) is 14.3. The minimum absolute atomic E-state index is 0.203. The fraction of sp³-hybridized carbons (Fsp3) is 0.609. The van der Waals surface area contributed by atoms with Crippen molar-refractivity contribution in [3.63, 3.8) is 0 Å². The quantitative estimate of drug-likeness (QED) is 0.741. The summed E-state index contributed by atoms with van der Waals surface area (Å²) in [7, 11) is 0. The monoisotopic (exact) mass is 390 g/mol. The van der Waals surface area contributed by atoms with Crippen LogP contribution in [0.1, 0.15) is 63.8 Å². The molecule has 2 fully saturated rings. The van der Waals surface area contributed by atoms with Crippen molar-refractivity contribution >= 4 is 11.0 Å². The average molecular weight is 391 g/mol. The summed E-state index contributed by atoms with van der Waals surface area (Å²) in [6.45, 7) is 2.41. The molecule has 0 radical (unpaired) electrons. The van der Waals surface area contributed by atoms with E-state index >= 15 is 0 Å². The Morgan fingerprint density at radius 1 is 0.862 bits per heavy atom. The lowest BCUT2D eigenvalue weighted by Gasteiger charge is -2.39. The van der Waals surface area contributed by atoms with Crippen molar-refractivity contribution in [2.75, 3.05) is 13.1 Å². The molecule has 0 atom stereocenters. The number of piperidine rings is 1. The van der Waals surface area contributed by atoms with Gasteiger partial charge in [0.2, 0.25) is 11.8 Å². The number of fused-ring (bicyclic) bond motifs is 1. The minimum atomic E-state index is 0.203. The van der Waals surface area contributed by atoms with E-state index in [4.69, 9.17) is 0 Å². The summed E-state index contributed by atoms with van der Waals surface area (Å²) in [5, 5.41) is 18.6. The van der Waals surface area contributed by atoms with Crippen LogP contribution in [0, 0.1) is 22.8 Å². The number of hydrogen-bond acceptors (Lipinski definition) is 4. The highest BCUT2D eigenvalue weighted by Gasteiger charge is 2.28. The Labute approximate surface area is 172 Å². The van der Waals surface area contributed by atoms with Gasteiger partial charge in [-0.25, -0.2) is 0 Å². The number of nitrogens with zero attached hydrogens (tertiary/aromatic N) is 6. The molecule has 6 heteroatoms. The number of para-hydroxylation sites is 2. The molecule has 2 aliphatic rings. The molecule has 2 heterocycles. The van der Waals surface area contributed by atoms with Gasteiger partial charge in [-0.2, -0.15) is 10.5 Å².